The average molecular weight is 443 g/mol. The van der Waals surface area contributed by atoms with Crippen molar-refractivity contribution in [1.82, 2.24) is 24.5 Å². The molecule has 1 aromatic heterocycles. The lowest BCUT2D eigenvalue weighted by atomic mass is 9.98. The minimum absolute atomic E-state index is 0.132. The number of carbonyl (C=O) groups excluding carboxylic acids is 1. The molecule has 0 unspecified atom stereocenters. The molecule has 0 aliphatic carbocycles. The number of sulfonamides is 1. The van der Waals surface area contributed by atoms with Gasteiger partial charge in [0.25, 0.3) is 0 Å². The van der Waals surface area contributed by atoms with E-state index < -0.39 is 15.9 Å². The number of hydrogen-bond acceptors (Lipinski definition) is 7. The SMILES string of the molecule is COc1cccc(NC(=O)[C@H]2CCCN(S(=O)(=O)c3ccc(-n4cnnn4)cc3)C2)c1. The Morgan fingerprint density at radius 3 is 2.71 bits per heavy atom. The van der Waals surface area contributed by atoms with E-state index in [9.17, 15) is 13.2 Å². The van der Waals surface area contributed by atoms with Gasteiger partial charge in [-0.25, -0.2) is 13.1 Å². The van der Waals surface area contributed by atoms with Crippen LogP contribution in [-0.2, 0) is 14.8 Å². The van der Waals surface area contributed by atoms with E-state index in [1.54, 1.807) is 43.5 Å². The van der Waals surface area contributed by atoms with E-state index in [1.165, 1.54) is 27.4 Å². The molecule has 10 nitrogen and oxygen atoms in total. The van der Waals surface area contributed by atoms with E-state index in [0.29, 0.717) is 36.5 Å². The first-order chi connectivity index (χ1) is 15.0. The fourth-order valence-electron chi connectivity index (χ4n) is 3.52. The quantitative estimate of drug-likeness (QED) is 0.617. The van der Waals surface area contributed by atoms with Gasteiger partial charge in [-0.15, -0.1) is 5.10 Å². The van der Waals surface area contributed by atoms with Crippen molar-refractivity contribution in [2.24, 2.45) is 5.92 Å². The van der Waals surface area contributed by atoms with E-state index in [4.69, 9.17) is 4.74 Å². The lowest BCUT2D eigenvalue weighted by Crippen LogP contribution is -2.43. The topological polar surface area (TPSA) is 119 Å². The number of anilines is 1. The lowest BCUT2D eigenvalue weighted by Gasteiger charge is -2.31. The van der Waals surface area contributed by atoms with E-state index >= 15 is 0 Å². The summed E-state index contributed by atoms with van der Waals surface area (Å²) in [5.74, 6) is -0.00632. The van der Waals surface area contributed by atoms with Gasteiger partial charge >= 0.3 is 0 Å². The Morgan fingerprint density at radius 2 is 2.00 bits per heavy atom. The van der Waals surface area contributed by atoms with Crippen molar-refractivity contribution in [2.75, 3.05) is 25.5 Å². The fraction of sp³-hybridized carbons (Fsp3) is 0.300. The molecule has 0 saturated carbocycles. The Kier molecular flexibility index (Phi) is 5.96. The van der Waals surface area contributed by atoms with Gasteiger partial charge < -0.3 is 10.1 Å². The largest absolute Gasteiger partial charge is 0.497 e. The second-order valence-corrected chi connectivity index (χ2v) is 9.11. The molecule has 3 aromatic rings. The normalized spacial score (nSPS) is 17.3. The second-order valence-electron chi connectivity index (χ2n) is 7.17. The Bertz CT molecular complexity index is 1150. The van der Waals surface area contributed by atoms with Crippen molar-refractivity contribution >= 4 is 21.6 Å². The number of amides is 1. The van der Waals surface area contributed by atoms with Gasteiger partial charge in [0.05, 0.1) is 23.6 Å². The molecule has 1 atom stereocenters. The lowest BCUT2D eigenvalue weighted by molar-refractivity contribution is -0.120. The zero-order valence-electron chi connectivity index (χ0n) is 16.9. The maximum atomic E-state index is 13.1. The van der Waals surface area contributed by atoms with Crippen molar-refractivity contribution in [3.05, 3.63) is 54.9 Å². The molecular formula is C20H22N6O4S. The molecule has 1 amide bonds. The molecular weight excluding hydrogens is 420 g/mol. The summed E-state index contributed by atoms with van der Waals surface area (Å²) in [6.45, 7) is 0.507. The molecule has 4 rings (SSSR count). The highest BCUT2D eigenvalue weighted by Crippen LogP contribution is 2.26. The summed E-state index contributed by atoms with van der Waals surface area (Å²) in [6.07, 6.45) is 2.66. The minimum atomic E-state index is -3.73. The highest BCUT2D eigenvalue weighted by atomic mass is 32.2. The molecule has 1 fully saturated rings. The van der Waals surface area contributed by atoms with Crippen LogP contribution in [0.25, 0.3) is 5.69 Å². The number of piperidine rings is 1. The van der Waals surface area contributed by atoms with E-state index in [-0.39, 0.29) is 17.3 Å². The molecule has 1 aliphatic rings. The van der Waals surface area contributed by atoms with Gasteiger partial charge in [0, 0.05) is 24.8 Å². The summed E-state index contributed by atoms with van der Waals surface area (Å²) < 4.78 is 34.2. The predicted molar refractivity (Wildman–Crippen MR) is 112 cm³/mol. The first-order valence-electron chi connectivity index (χ1n) is 9.76. The molecule has 162 valence electrons. The molecule has 2 heterocycles. The molecule has 31 heavy (non-hydrogen) atoms. The van der Waals surface area contributed by atoms with Crippen molar-refractivity contribution in [3.63, 3.8) is 0 Å². The number of hydrogen-bond donors (Lipinski definition) is 1. The van der Waals surface area contributed by atoms with Crippen LogP contribution >= 0.6 is 0 Å². The Balaban J connectivity index is 1.46. The van der Waals surface area contributed by atoms with Crippen molar-refractivity contribution < 1.29 is 17.9 Å². The van der Waals surface area contributed by atoms with Gasteiger partial charge in [0.15, 0.2) is 0 Å². The van der Waals surface area contributed by atoms with E-state index in [1.807, 2.05) is 0 Å². The van der Waals surface area contributed by atoms with Crippen molar-refractivity contribution in [2.45, 2.75) is 17.7 Å². The van der Waals surface area contributed by atoms with Crippen LogP contribution in [-0.4, -0.2) is 59.0 Å². The smallest absolute Gasteiger partial charge is 0.243 e. The highest BCUT2D eigenvalue weighted by Gasteiger charge is 2.33. The first kappa shape index (κ1) is 20.9. The van der Waals surface area contributed by atoms with Gasteiger partial charge in [-0.2, -0.15) is 4.31 Å². The highest BCUT2D eigenvalue weighted by molar-refractivity contribution is 7.89. The van der Waals surface area contributed by atoms with Gasteiger partial charge in [-0.05, 0) is 59.7 Å². The molecule has 0 radical (unpaired) electrons. The third kappa shape index (κ3) is 4.57. The zero-order valence-corrected chi connectivity index (χ0v) is 17.7. The summed E-state index contributed by atoms with van der Waals surface area (Å²) in [6, 6.07) is 13.4. The number of aromatic nitrogens is 4. The number of carbonyl (C=O) groups is 1. The summed E-state index contributed by atoms with van der Waals surface area (Å²) in [7, 11) is -2.17. The maximum Gasteiger partial charge on any atom is 0.243 e. The average Bonchev–Trinajstić information content (AvgIpc) is 3.34. The van der Waals surface area contributed by atoms with Crippen molar-refractivity contribution in [3.8, 4) is 11.4 Å². The predicted octanol–water partition coefficient (Wildman–Crippen LogP) is 1.71. The van der Waals surface area contributed by atoms with E-state index in [2.05, 4.69) is 20.8 Å². The van der Waals surface area contributed by atoms with Crippen LogP contribution in [0.2, 0.25) is 0 Å². The van der Waals surface area contributed by atoms with Crippen LogP contribution < -0.4 is 10.1 Å². The van der Waals surface area contributed by atoms with Crippen LogP contribution in [0, 0.1) is 5.92 Å². The molecule has 11 heteroatoms. The fourth-order valence-corrected chi connectivity index (χ4v) is 5.04. The Labute approximate surface area is 179 Å². The number of rotatable bonds is 6. The summed E-state index contributed by atoms with van der Waals surface area (Å²) in [4.78, 5) is 12.9. The van der Waals surface area contributed by atoms with Crippen LogP contribution in [0.3, 0.4) is 0 Å². The van der Waals surface area contributed by atoms with Crippen LogP contribution in [0.4, 0.5) is 5.69 Å². The van der Waals surface area contributed by atoms with Crippen LogP contribution in [0.1, 0.15) is 12.8 Å². The van der Waals surface area contributed by atoms with Gasteiger partial charge in [0.1, 0.15) is 12.1 Å². The molecule has 1 N–H and O–H groups in total. The number of ether oxygens (including phenoxy) is 1. The van der Waals surface area contributed by atoms with E-state index in [0.717, 1.165) is 0 Å². The van der Waals surface area contributed by atoms with Crippen LogP contribution in [0.15, 0.2) is 59.8 Å². The molecule has 0 spiro atoms. The monoisotopic (exact) mass is 442 g/mol. The third-order valence-electron chi connectivity index (χ3n) is 5.18. The summed E-state index contributed by atoms with van der Waals surface area (Å²) >= 11 is 0. The molecule has 2 aromatic carbocycles. The summed E-state index contributed by atoms with van der Waals surface area (Å²) in [5.41, 5.74) is 1.26. The van der Waals surface area contributed by atoms with Gasteiger partial charge in [0.2, 0.25) is 15.9 Å². The maximum absolute atomic E-state index is 13.1. The van der Waals surface area contributed by atoms with Crippen molar-refractivity contribution in [1.29, 1.82) is 0 Å². The van der Waals surface area contributed by atoms with Gasteiger partial charge in [-0.1, -0.05) is 6.07 Å². The number of tetrazole rings is 1. The molecule has 0 bridgehead atoms. The first-order valence-corrected chi connectivity index (χ1v) is 11.2. The zero-order chi connectivity index (χ0) is 21.8. The Morgan fingerprint density at radius 1 is 1.19 bits per heavy atom. The summed E-state index contributed by atoms with van der Waals surface area (Å²) in [5, 5.41) is 13.8. The van der Waals surface area contributed by atoms with Crippen LogP contribution in [0.5, 0.6) is 5.75 Å². The number of methoxy groups -OCH3 is 1. The number of benzene rings is 2. The minimum Gasteiger partial charge on any atom is -0.497 e. The Hall–Kier alpha value is -3.31. The molecule has 1 saturated heterocycles. The standard InChI is InChI=1S/C20H22N6O4S/c1-30-18-6-2-5-16(12-18)22-20(27)15-4-3-11-25(13-15)31(28,29)19-9-7-17(8-10-19)26-14-21-23-24-26/h2,5-10,12,14-15H,3-4,11,13H2,1H3,(H,22,27)/t15-/m0/s1. The van der Waals surface area contributed by atoms with Gasteiger partial charge in [-0.3, -0.25) is 4.79 Å². The second kappa shape index (κ2) is 8.82. The number of nitrogens with one attached hydrogen (secondary N) is 1. The molecule has 1 aliphatic heterocycles. The number of nitrogens with zero attached hydrogens (tertiary/aromatic N) is 5. The third-order valence-corrected chi connectivity index (χ3v) is 7.06.